The second-order valence-electron chi connectivity index (χ2n) is 7.12. The summed E-state index contributed by atoms with van der Waals surface area (Å²) in [5.74, 6) is 2.36. The van der Waals surface area contributed by atoms with Gasteiger partial charge >= 0.3 is 0 Å². The minimum Gasteiger partial charge on any atom is -0.492 e. The molecular formula is C24H22N2O5. The second kappa shape index (κ2) is 7.75. The lowest BCUT2D eigenvalue weighted by atomic mass is 10.0. The topological polar surface area (TPSA) is 69.3 Å². The molecular weight excluding hydrogens is 396 g/mol. The molecule has 0 aromatic heterocycles. The third-order valence-corrected chi connectivity index (χ3v) is 5.37. The molecule has 2 aliphatic heterocycles. The lowest BCUT2D eigenvalue weighted by Crippen LogP contribution is -2.43. The molecule has 0 saturated heterocycles. The van der Waals surface area contributed by atoms with Gasteiger partial charge in [-0.15, -0.1) is 0 Å². The summed E-state index contributed by atoms with van der Waals surface area (Å²) in [4.78, 5) is 15.4. The molecule has 0 fully saturated rings. The third kappa shape index (κ3) is 3.18. The Morgan fingerprint density at radius 2 is 1.90 bits per heavy atom. The number of nitrogens with zero attached hydrogens (tertiary/aromatic N) is 1. The number of carbonyl (C=O) groups is 1. The summed E-state index contributed by atoms with van der Waals surface area (Å²) >= 11 is 0. The van der Waals surface area contributed by atoms with Crippen LogP contribution in [0.1, 0.15) is 29.0 Å². The Bertz CT molecular complexity index is 1150. The van der Waals surface area contributed by atoms with Gasteiger partial charge in [0.05, 0.1) is 25.0 Å². The number of methoxy groups -OCH3 is 1. The third-order valence-electron chi connectivity index (χ3n) is 5.37. The Morgan fingerprint density at radius 1 is 1.06 bits per heavy atom. The Balaban J connectivity index is 1.67. The highest BCUT2D eigenvalue weighted by molar-refractivity contribution is 6.12. The van der Waals surface area contributed by atoms with E-state index in [1.807, 2.05) is 67.6 Å². The average molecular weight is 418 g/mol. The van der Waals surface area contributed by atoms with Crippen molar-refractivity contribution in [2.75, 3.05) is 30.7 Å². The average Bonchev–Trinajstić information content (AvgIpc) is 3.27. The van der Waals surface area contributed by atoms with E-state index in [-0.39, 0.29) is 12.7 Å². The van der Waals surface area contributed by atoms with Crippen molar-refractivity contribution in [3.05, 3.63) is 71.8 Å². The summed E-state index contributed by atoms with van der Waals surface area (Å²) in [6.45, 7) is 2.59. The maximum Gasteiger partial charge on any atom is 0.262 e. The van der Waals surface area contributed by atoms with Crippen molar-refractivity contribution in [3.63, 3.8) is 0 Å². The molecule has 0 unspecified atom stereocenters. The minimum absolute atomic E-state index is 0.123. The van der Waals surface area contributed by atoms with Crippen molar-refractivity contribution in [2.24, 2.45) is 0 Å². The highest BCUT2D eigenvalue weighted by Gasteiger charge is 2.36. The molecule has 5 rings (SSSR count). The van der Waals surface area contributed by atoms with Crippen molar-refractivity contribution in [1.82, 2.24) is 0 Å². The van der Waals surface area contributed by atoms with Crippen molar-refractivity contribution >= 4 is 17.3 Å². The molecule has 1 atom stereocenters. The Labute approximate surface area is 180 Å². The van der Waals surface area contributed by atoms with Gasteiger partial charge in [-0.05, 0) is 37.3 Å². The van der Waals surface area contributed by atoms with Crippen LogP contribution in [0.5, 0.6) is 23.0 Å². The first-order chi connectivity index (χ1) is 15.2. The van der Waals surface area contributed by atoms with Crippen LogP contribution in [0.15, 0.2) is 60.7 Å². The van der Waals surface area contributed by atoms with Gasteiger partial charge in [-0.1, -0.05) is 24.3 Å². The van der Waals surface area contributed by atoms with E-state index in [0.717, 1.165) is 11.3 Å². The van der Waals surface area contributed by atoms with Crippen molar-refractivity contribution in [3.8, 4) is 23.0 Å². The van der Waals surface area contributed by atoms with Gasteiger partial charge in [-0.2, -0.15) is 0 Å². The predicted octanol–water partition coefficient (Wildman–Crippen LogP) is 4.59. The number of anilines is 2. The molecule has 0 saturated carbocycles. The van der Waals surface area contributed by atoms with Crippen molar-refractivity contribution < 1.29 is 23.7 Å². The molecule has 3 aromatic rings. The fourth-order valence-corrected chi connectivity index (χ4v) is 4.01. The number of carbonyl (C=O) groups excluding carboxylic acids is 1. The van der Waals surface area contributed by atoms with Crippen LogP contribution < -0.4 is 29.2 Å². The highest BCUT2D eigenvalue weighted by Crippen LogP contribution is 2.44. The molecule has 31 heavy (non-hydrogen) atoms. The van der Waals surface area contributed by atoms with E-state index >= 15 is 0 Å². The first-order valence-corrected chi connectivity index (χ1v) is 10.1. The number of ether oxygens (including phenoxy) is 4. The van der Waals surface area contributed by atoms with Crippen LogP contribution in [0.2, 0.25) is 0 Å². The minimum atomic E-state index is -0.516. The van der Waals surface area contributed by atoms with Crippen molar-refractivity contribution in [1.29, 1.82) is 0 Å². The fourth-order valence-electron chi connectivity index (χ4n) is 4.01. The standard InChI is InChI=1S/C24H22N2O5/c1-3-29-20-10-6-8-17(22(20)28-2)23-25-18-9-5-4-7-16(18)24(27)26(23)15-11-12-19-21(13-15)31-14-30-19/h4-13,23,25H,3,14H2,1-2H3/t23-/m1/s1. The number of hydrogen-bond acceptors (Lipinski definition) is 6. The van der Waals surface area contributed by atoms with E-state index < -0.39 is 6.17 Å². The Morgan fingerprint density at radius 3 is 2.74 bits per heavy atom. The summed E-state index contributed by atoms with van der Waals surface area (Å²) in [6, 6.07) is 18.6. The Kier molecular flexibility index (Phi) is 4.78. The molecule has 2 heterocycles. The van der Waals surface area contributed by atoms with Crippen LogP contribution in [0.3, 0.4) is 0 Å². The predicted molar refractivity (Wildman–Crippen MR) is 116 cm³/mol. The zero-order valence-corrected chi connectivity index (χ0v) is 17.3. The highest BCUT2D eigenvalue weighted by atomic mass is 16.7. The summed E-state index contributed by atoms with van der Waals surface area (Å²) in [5, 5.41) is 3.50. The van der Waals surface area contributed by atoms with E-state index in [0.29, 0.717) is 40.9 Å². The normalized spacial score (nSPS) is 16.5. The summed E-state index contributed by atoms with van der Waals surface area (Å²) in [5.41, 5.74) is 2.83. The lowest BCUT2D eigenvalue weighted by molar-refractivity contribution is 0.0974. The van der Waals surface area contributed by atoms with Gasteiger partial charge in [0.25, 0.3) is 5.91 Å². The number of nitrogens with one attached hydrogen (secondary N) is 1. The van der Waals surface area contributed by atoms with E-state index in [4.69, 9.17) is 18.9 Å². The number of amides is 1. The molecule has 0 aliphatic carbocycles. The van der Waals surface area contributed by atoms with Gasteiger partial charge in [0.1, 0.15) is 6.17 Å². The SMILES string of the molecule is CCOc1cccc([C@@H]2Nc3ccccc3C(=O)N2c2ccc3c(c2)OCO3)c1OC. The fraction of sp³-hybridized carbons (Fsp3) is 0.208. The van der Waals surface area contributed by atoms with Gasteiger partial charge in [0.2, 0.25) is 6.79 Å². The molecule has 3 aromatic carbocycles. The molecule has 0 radical (unpaired) electrons. The number of para-hydroxylation sites is 2. The first-order valence-electron chi connectivity index (χ1n) is 10.1. The van der Waals surface area contributed by atoms with Gasteiger partial charge < -0.3 is 24.3 Å². The lowest BCUT2D eigenvalue weighted by Gasteiger charge is -2.38. The zero-order chi connectivity index (χ0) is 21.4. The quantitative estimate of drug-likeness (QED) is 0.653. The number of benzene rings is 3. The van der Waals surface area contributed by atoms with Crippen LogP contribution >= 0.6 is 0 Å². The summed E-state index contributed by atoms with van der Waals surface area (Å²) in [6.07, 6.45) is -0.516. The smallest absolute Gasteiger partial charge is 0.262 e. The maximum absolute atomic E-state index is 13.7. The molecule has 1 N–H and O–H groups in total. The van der Waals surface area contributed by atoms with Gasteiger partial charge in [-0.25, -0.2) is 0 Å². The van der Waals surface area contributed by atoms with Crippen LogP contribution in [0.4, 0.5) is 11.4 Å². The van der Waals surface area contributed by atoms with Crippen molar-refractivity contribution in [2.45, 2.75) is 13.1 Å². The van der Waals surface area contributed by atoms with E-state index in [9.17, 15) is 4.79 Å². The molecule has 0 bridgehead atoms. The monoisotopic (exact) mass is 418 g/mol. The number of hydrogen-bond donors (Lipinski definition) is 1. The first kappa shape index (κ1) is 19.1. The molecule has 7 nitrogen and oxygen atoms in total. The zero-order valence-electron chi connectivity index (χ0n) is 17.3. The molecule has 1 amide bonds. The van der Waals surface area contributed by atoms with Crippen LogP contribution in [0.25, 0.3) is 0 Å². The van der Waals surface area contributed by atoms with Gasteiger partial charge in [0, 0.05) is 17.3 Å². The van der Waals surface area contributed by atoms with Gasteiger partial charge in [0.15, 0.2) is 23.0 Å². The van der Waals surface area contributed by atoms with Crippen LogP contribution in [-0.2, 0) is 0 Å². The summed E-state index contributed by atoms with van der Waals surface area (Å²) in [7, 11) is 1.60. The Hall–Kier alpha value is -3.87. The van der Waals surface area contributed by atoms with E-state index in [1.54, 1.807) is 12.0 Å². The summed E-state index contributed by atoms with van der Waals surface area (Å²) < 4.78 is 22.5. The largest absolute Gasteiger partial charge is 0.492 e. The molecule has 7 heteroatoms. The van der Waals surface area contributed by atoms with Crippen LogP contribution in [-0.4, -0.2) is 26.4 Å². The van der Waals surface area contributed by atoms with Crippen LogP contribution in [0, 0.1) is 0 Å². The second-order valence-corrected chi connectivity index (χ2v) is 7.12. The molecule has 0 spiro atoms. The van der Waals surface area contributed by atoms with E-state index in [2.05, 4.69) is 5.32 Å². The van der Waals surface area contributed by atoms with Gasteiger partial charge in [-0.3, -0.25) is 9.69 Å². The molecule has 158 valence electrons. The maximum atomic E-state index is 13.7. The molecule has 2 aliphatic rings. The number of fused-ring (bicyclic) bond motifs is 2. The van der Waals surface area contributed by atoms with E-state index in [1.165, 1.54) is 0 Å². The number of rotatable bonds is 5.